The third-order valence-electron chi connectivity index (χ3n) is 3.52. The lowest BCUT2D eigenvalue weighted by molar-refractivity contribution is -0.133. The molecule has 0 aromatic heterocycles. The highest BCUT2D eigenvalue weighted by Gasteiger charge is 2.27. The molecular formula is C14H26N2O3. The first kappa shape index (κ1) is 16.0. The summed E-state index contributed by atoms with van der Waals surface area (Å²) in [6, 6.07) is 0. The Hall–Kier alpha value is -1.10. The van der Waals surface area contributed by atoms with Gasteiger partial charge in [0.2, 0.25) is 11.8 Å². The Morgan fingerprint density at radius 2 is 2.26 bits per heavy atom. The summed E-state index contributed by atoms with van der Waals surface area (Å²) >= 11 is 0. The highest BCUT2D eigenvalue weighted by atomic mass is 16.3. The van der Waals surface area contributed by atoms with Crippen LogP contribution in [-0.4, -0.2) is 35.6 Å². The SMILES string of the molecule is CC(C)CCC(C)(O)CNC(=O)C1CCNC(=O)C1. The van der Waals surface area contributed by atoms with Gasteiger partial charge in [-0.1, -0.05) is 13.8 Å². The second-order valence-electron chi connectivity index (χ2n) is 6.19. The number of piperidine rings is 1. The van der Waals surface area contributed by atoms with Gasteiger partial charge in [-0.25, -0.2) is 0 Å². The van der Waals surface area contributed by atoms with E-state index in [1.54, 1.807) is 6.92 Å². The number of aliphatic hydroxyl groups is 1. The fourth-order valence-electron chi connectivity index (χ4n) is 2.12. The van der Waals surface area contributed by atoms with Gasteiger partial charge in [0, 0.05) is 25.4 Å². The minimum absolute atomic E-state index is 0.0713. The summed E-state index contributed by atoms with van der Waals surface area (Å²) in [5.41, 5.74) is -0.878. The van der Waals surface area contributed by atoms with Crippen LogP contribution in [0.15, 0.2) is 0 Å². The Morgan fingerprint density at radius 1 is 1.58 bits per heavy atom. The van der Waals surface area contributed by atoms with Crippen LogP contribution in [0.25, 0.3) is 0 Å². The second-order valence-corrected chi connectivity index (χ2v) is 6.19. The number of carbonyl (C=O) groups excluding carboxylic acids is 2. The maximum absolute atomic E-state index is 11.9. The topological polar surface area (TPSA) is 78.4 Å². The molecule has 19 heavy (non-hydrogen) atoms. The predicted octanol–water partition coefficient (Wildman–Crippen LogP) is 0.816. The second kappa shape index (κ2) is 6.89. The van der Waals surface area contributed by atoms with Crippen molar-refractivity contribution in [3.8, 4) is 0 Å². The molecule has 110 valence electrons. The standard InChI is InChI=1S/C14H26N2O3/c1-10(2)4-6-14(3,19)9-16-13(18)11-5-7-15-12(17)8-11/h10-11,19H,4-9H2,1-3H3,(H,15,17)(H,16,18). The van der Waals surface area contributed by atoms with Crippen LogP contribution in [0.4, 0.5) is 0 Å². The summed E-state index contributed by atoms with van der Waals surface area (Å²) in [6.45, 7) is 6.76. The average molecular weight is 270 g/mol. The van der Waals surface area contributed by atoms with Crippen molar-refractivity contribution in [2.24, 2.45) is 11.8 Å². The van der Waals surface area contributed by atoms with Crippen molar-refractivity contribution in [3.05, 3.63) is 0 Å². The van der Waals surface area contributed by atoms with Gasteiger partial charge in [-0.05, 0) is 32.1 Å². The molecule has 1 rings (SSSR count). The number of rotatable bonds is 6. The monoisotopic (exact) mass is 270 g/mol. The van der Waals surface area contributed by atoms with Crippen LogP contribution in [-0.2, 0) is 9.59 Å². The summed E-state index contributed by atoms with van der Waals surface area (Å²) in [4.78, 5) is 23.1. The highest BCUT2D eigenvalue weighted by Crippen LogP contribution is 2.17. The van der Waals surface area contributed by atoms with E-state index in [1.165, 1.54) is 0 Å². The summed E-state index contributed by atoms with van der Waals surface area (Å²) in [5.74, 6) is 0.0801. The zero-order chi connectivity index (χ0) is 14.5. The van der Waals surface area contributed by atoms with E-state index in [2.05, 4.69) is 24.5 Å². The molecule has 0 saturated carbocycles. The molecule has 2 amide bonds. The van der Waals surface area contributed by atoms with Crippen LogP contribution < -0.4 is 10.6 Å². The fourth-order valence-corrected chi connectivity index (χ4v) is 2.12. The summed E-state index contributed by atoms with van der Waals surface area (Å²) in [7, 11) is 0. The van der Waals surface area contributed by atoms with Crippen LogP contribution in [0.2, 0.25) is 0 Å². The lowest BCUT2D eigenvalue weighted by Crippen LogP contribution is -2.46. The van der Waals surface area contributed by atoms with Gasteiger partial charge in [-0.15, -0.1) is 0 Å². The first-order valence-corrected chi connectivity index (χ1v) is 7.07. The normalized spacial score (nSPS) is 22.8. The number of amides is 2. The van der Waals surface area contributed by atoms with E-state index in [4.69, 9.17) is 0 Å². The largest absolute Gasteiger partial charge is 0.388 e. The van der Waals surface area contributed by atoms with Crippen molar-refractivity contribution in [3.63, 3.8) is 0 Å². The molecule has 3 N–H and O–H groups in total. The molecule has 5 nitrogen and oxygen atoms in total. The van der Waals surface area contributed by atoms with Crippen molar-refractivity contribution in [2.75, 3.05) is 13.1 Å². The van der Waals surface area contributed by atoms with E-state index in [0.717, 1.165) is 6.42 Å². The van der Waals surface area contributed by atoms with E-state index in [9.17, 15) is 14.7 Å². The fraction of sp³-hybridized carbons (Fsp3) is 0.857. The Morgan fingerprint density at radius 3 is 2.84 bits per heavy atom. The van der Waals surface area contributed by atoms with Crippen LogP contribution in [0, 0.1) is 11.8 Å². The zero-order valence-electron chi connectivity index (χ0n) is 12.2. The maximum Gasteiger partial charge on any atom is 0.223 e. The van der Waals surface area contributed by atoms with Crippen LogP contribution in [0.1, 0.15) is 46.5 Å². The molecule has 1 aliphatic heterocycles. The third kappa shape index (κ3) is 6.05. The molecule has 0 bridgehead atoms. The molecule has 0 aliphatic carbocycles. The Kier molecular flexibility index (Phi) is 5.79. The average Bonchev–Trinajstić information content (AvgIpc) is 2.34. The highest BCUT2D eigenvalue weighted by molar-refractivity contribution is 5.86. The molecule has 1 aliphatic rings. The maximum atomic E-state index is 11.9. The molecule has 1 saturated heterocycles. The number of nitrogens with one attached hydrogen (secondary N) is 2. The molecule has 5 heteroatoms. The van der Waals surface area contributed by atoms with E-state index in [0.29, 0.717) is 25.3 Å². The van der Waals surface area contributed by atoms with E-state index < -0.39 is 5.60 Å². The molecule has 1 fully saturated rings. The Balaban J connectivity index is 2.34. The van der Waals surface area contributed by atoms with Gasteiger partial charge in [-0.3, -0.25) is 9.59 Å². The first-order valence-electron chi connectivity index (χ1n) is 7.07. The molecule has 0 spiro atoms. The van der Waals surface area contributed by atoms with Gasteiger partial charge >= 0.3 is 0 Å². The number of hydrogen-bond acceptors (Lipinski definition) is 3. The number of hydrogen-bond donors (Lipinski definition) is 3. The zero-order valence-corrected chi connectivity index (χ0v) is 12.2. The van der Waals surface area contributed by atoms with E-state index in [1.807, 2.05) is 0 Å². The smallest absolute Gasteiger partial charge is 0.223 e. The molecule has 2 atom stereocenters. The number of carbonyl (C=O) groups is 2. The molecule has 0 radical (unpaired) electrons. The minimum atomic E-state index is -0.878. The molecule has 0 aromatic rings. The summed E-state index contributed by atoms with van der Waals surface area (Å²) < 4.78 is 0. The Labute approximate surface area is 115 Å². The van der Waals surface area contributed by atoms with Crippen molar-refractivity contribution >= 4 is 11.8 Å². The van der Waals surface area contributed by atoms with Gasteiger partial charge in [0.05, 0.1) is 5.60 Å². The van der Waals surface area contributed by atoms with Gasteiger partial charge in [0.1, 0.15) is 0 Å². The molecule has 0 aromatic carbocycles. The molecule has 1 heterocycles. The lowest BCUT2D eigenvalue weighted by atomic mass is 9.93. The summed E-state index contributed by atoms with van der Waals surface area (Å²) in [5, 5.41) is 15.6. The van der Waals surface area contributed by atoms with Crippen molar-refractivity contribution < 1.29 is 14.7 Å². The van der Waals surface area contributed by atoms with Gasteiger partial charge < -0.3 is 15.7 Å². The molecular weight excluding hydrogens is 244 g/mol. The molecule has 2 unspecified atom stereocenters. The van der Waals surface area contributed by atoms with E-state index >= 15 is 0 Å². The van der Waals surface area contributed by atoms with Crippen LogP contribution >= 0.6 is 0 Å². The van der Waals surface area contributed by atoms with Crippen LogP contribution in [0.5, 0.6) is 0 Å². The van der Waals surface area contributed by atoms with Gasteiger partial charge in [0.25, 0.3) is 0 Å². The predicted molar refractivity (Wildman–Crippen MR) is 73.4 cm³/mol. The summed E-state index contributed by atoms with van der Waals surface area (Å²) in [6.07, 6.45) is 2.51. The Bertz CT molecular complexity index is 327. The van der Waals surface area contributed by atoms with Crippen molar-refractivity contribution in [2.45, 2.75) is 52.1 Å². The lowest BCUT2D eigenvalue weighted by Gasteiger charge is -2.27. The van der Waals surface area contributed by atoms with Crippen molar-refractivity contribution in [1.82, 2.24) is 10.6 Å². The van der Waals surface area contributed by atoms with Gasteiger partial charge in [-0.2, -0.15) is 0 Å². The van der Waals surface area contributed by atoms with Gasteiger partial charge in [0.15, 0.2) is 0 Å². The minimum Gasteiger partial charge on any atom is -0.388 e. The van der Waals surface area contributed by atoms with E-state index in [-0.39, 0.29) is 30.7 Å². The quantitative estimate of drug-likeness (QED) is 0.668. The third-order valence-corrected chi connectivity index (χ3v) is 3.52. The first-order chi connectivity index (χ1) is 8.80. The van der Waals surface area contributed by atoms with Crippen LogP contribution in [0.3, 0.4) is 0 Å². The van der Waals surface area contributed by atoms with Crippen molar-refractivity contribution in [1.29, 1.82) is 0 Å².